The lowest BCUT2D eigenvalue weighted by atomic mass is 10.1. The lowest BCUT2D eigenvalue weighted by Crippen LogP contribution is -2.16. The van der Waals surface area contributed by atoms with Crippen molar-refractivity contribution in [3.63, 3.8) is 0 Å². The van der Waals surface area contributed by atoms with Crippen molar-refractivity contribution < 1.29 is 9.84 Å². The van der Waals surface area contributed by atoms with Crippen LogP contribution >= 0.6 is 0 Å². The first-order valence-electron chi connectivity index (χ1n) is 5.74. The zero-order valence-electron chi connectivity index (χ0n) is 10.9. The maximum absolute atomic E-state index is 9.95. The fraction of sp³-hybridized carbons (Fsp3) is 0.429. The molecule has 92 valence electrons. The van der Waals surface area contributed by atoms with Gasteiger partial charge in [-0.15, -0.1) is 11.5 Å². The molecule has 0 saturated carbocycles. The summed E-state index contributed by atoms with van der Waals surface area (Å²) in [4.78, 5) is 0. The minimum Gasteiger partial charge on any atom is -0.497 e. The molecular weight excluding hydrogens is 228 g/mol. The number of methoxy groups -OCH3 is 1. The Morgan fingerprint density at radius 3 is 2.29 bits per heavy atom. The van der Waals surface area contributed by atoms with Gasteiger partial charge < -0.3 is 9.84 Å². The van der Waals surface area contributed by atoms with E-state index in [-0.39, 0.29) is 0 Å². The zero-order valence-corrected chi connectivity index (χ0v) is 11.9. The molecule has 1 aromatic carbocycles. The van der Waals surface area contributed by atoms with Gasteiger partial charge in [-0.2, -0.15) is 0 Å². The molecule has 3 heteroatoms. The summed E-state index contributed by atoms with van der Waals surface area (Å²) in [5.74, 6) is 3.88. The Bertz CT molecular complexity index is 407. The first-order chi connectivity index (χ1) is 7.92. The average Bonchev–Trinajstić information content (AvgIpc) is 2.27. The second-order valence-corrected chi connectivity index (χ2v) is 9.79. The van der Waals surface area contributed by atoms with Crippen molar-refractivity contribution >= 4 is 8.07 Å². The highest BCUT2D eigenvalue weighted by Crippen LogP contribution is 2.19. The van der Waals surface area contributed by atoms with Crippen molar-refractivity contribution in [1.82, 2.24) is 0 Å². The monoisotopic (exact) mass is 248 g/mol. The lowest BCUT2D eigenvalue weighted by Gasteiger charge is -2.09. The summed E-state index contributed by atoms with van der Waals surface area (Å²) < 4.78 is 5.07. The summed E-state index contributed by atoms with van der Waals surface area (Å²) in [5, 5.41) is 9.95. The SMILES string of the molecule is COc1ccc([C@@H](O)CC#C[Si](C)(C)C)cc1. The Morgan fingerprint density at radius 1 is 1.24 bits per heavy atom. The molecule has 1 aromatic rings. The molecule has 0 unspecified atom stereocenters. The number of hydrogen-bond donors (Lipinski definition) is 1. The molecule has 0 fully saturated rings. The second kappa shape index (κ2) is 5.90. The smallest absolute Gasteiger partial charge is 0.129 e. The first kappa shape index (κ1) is 13.8. The van der Waals surface area contributed by atoms with Crippen LogP contribution in [0.1, 0.15) is 18.1 Å². The van der Waals surface area contributed by atoms with Crippen LogP contribution in [0.3, 0.4) is 0 Å². The minimum absolute atomic E-state index is 0.497. The van der Waals surface area contributed by atoms with Crippen molar-refractivity contribution in [1.29, 1.82) is 0 Å². The number of aliphatic hydroxyl groups excluding tert-OH is 1. The maximum Gasteiger partial charge on any atom is 0.129 e. The highest BCUT2D eigenvalue weighted by molar-refractivity contribution is 6.83. The summed E-state index contributed by atoms with van der Waals surface area (Å²) in [6.45, 7) is 6.58. The lowest BCUT2D eigenvalue weighted by molar-refractivity contribution is 0.184. The second-order valence-electron chi connectivity index (χ2n) is 5.04. The molecule has 1 N–H and O–H groups in total. The largest absolute Gasteiger partial charge is 0.497 e. The molecule has 0 aliphatic carbocycles. The molecule has 0 aliphatic heterocycles. The van der Waals surface area contributed by atoms with Crippen LogP contribution in [0.4, 0.5) is 0 Å². The Kier molecular flexibility index (Phi) is 4.80. The van der Waals surface area contributed by atoms with Gasteiger partial charge in [-0.3, -0.25) is 0 Å². The van der Waals surface area contributed by atoms with Crippen molar-refractivity contribution in [3.8, 4) is 17.2 Å². The van der Waals surface area contributed by atoms with E-state index < -0.39 is 14.2 Å². The molecular formula is C14H20O2Si. The molecule has 0 amide bonds. The van der Waals surface area contributed by atoms with Crippen LogP contribution in [0.5, 0.6) is 5.75 Å². The minimum atomic E-state index is -1.33. The Labute approximate surface area is 105 Å². The van der Waals surface area contributed by atoms with E-state index in [1.165, 1.54) is 0 Å². The van der Waals surface area contributed by atoms with E-state index >= 15 is 0 Å². The summed E-state index contributed by atoms with van der Waals surface area (Å²) >= 11 is 0. The van der Waals surface area contributed by atoms with Crippen molar-refractivity contribution in [2.24, 2.45) is 0 Å². The first-order valence-corrected chi connectivity index (χ1v) is 9.24. The van der Waals surface area contributed by atoms with E-state index in [0.717, 1.165) is 11.3 Å². The van der Waals surface area contributed by atoms with Gasteiger partial charge in [-0.1, -0.05) is 31.8 Å². The molecule has 17 heavy (non-hydrogen) atoms. The Balaban J connectivity index is 2.62. The normalized spacial score (nSPS) is 12.5. The fourth-order valence-corrected chi connectivity index (χ4v) is 1.99. The quantitative estimate of drug-likeness (QED) is 0.658. The van der Waals surface area contributed by atoms with Gasteiger partial charge in [0.1, 0.15) is 13.8 Å². The molecule has 1 atom stereocenters. The molecule has 0 bridgehead atoms. The molecule has 1 rings (SSSR count). The summed E-state index contributed by atoms with van der Waals surface area (Å²) in [6.07, 6.45) is -0.0129. The highest BCUT2D eigenvalue weighted by atomic mass is 28.3. The fourth-order valence-electron chi connectivity index (χ4n) is 1.36. The van der Waals surface area contributed by atoms with Gasteiger partial charge in [0.05, 0.1) is 13.2 Å². The highest BCUT2D eigenvalue weighted by Gasteiger charge is 2.09. The summed E-state index contributed by atoms with van der Waals surface area (Å²) in [7, 11) is 0.298. The summed E-state index contributed by atoms with van der Waals surface area (Å²) in [5.41, 5.74) is 4.13. The predicted molar refractivity (Wildman–Crippen MR) is 73.7 cm³/mol. The molecule has 0 radical (unpaired) electrons. The zero-order chi connectivity index (χ0) is 12.9. The summed E-state index contributed by atoms with van der Waals surface area (Å²) in [6, 6.07) is 7.45. The standard InChI is InChI=1S/C14H20O2Si/c1-16-13-9-7-12(8-10-13)14(15)6-5-11-17(2,3)4/h7-10,14-15H,6H2,1-4H3/t14-/m0/s1. The van der Waals surface area contributed by atoms with Gasteiger partial charge in [0.2, 0.25) is 0 Å². The third kappa shape index (κ3) is 5.07. The van der Waals surface area contributed by atoms with Crippen LogP contribution in [-0.4, -0.2) is 20.3 Å². The number of ether oxygens (including phenoxy) is 1. The van der Waals surface area contributed by atoms with Crippen LogP contribution in [0.2, 0.25) is 19.6 Å². The van der Waals surface area contributed by atoms with Gasteiger partial charge in [0.25, 0.3) is 0 Å². The molecule has 0 aliphatic rings. The number of hydrogen-bond acceptors (Lipinski definition) is 2. The number of aliphatic hydroxyl groups is 1. The molecule has 0 aromatic heterocycles. The molecule has 0 saturated heterocycles. The van der Waals surface area contributed by atoms with Crippen LogP contribution in [0, 0.1) is 11.5 Å². The Morgan fingerprint density at radius 2 is 1.82 bits per heavy atom. The molecule has 0 spiro atoms. The van der Waals surface area contributed by atoms with E-state index in [9.17, 15) is 5.11 Å². The van der Waals surface area contributed by atoms with Crippen molar-refractivity contribution in [2.75, 3.05) is 7.11 Å². The number of benzene rings is 1. The van der Waals surface area contributed by atoms with Crippen molar-refractivity contribution in [2.45, 2.75) is 32.2 Å². The topological polar surface area (TPSA) is 29.5 Å². The van der Waals surface area contributed by atoms with Crippen LogP contribution < -0.4 is 4.74 Å². The van der Waals surface area contributed by atoms with E-state index in [1.807, 2.05) is 24.3 Å². The average molecular weight is 248 g/mol. The van der Waals surface area contributed by atoms with Gasteiger partial charge >= 0.3 is 0 Å². The van der Waals surface area contributed by atoms with E-state index in [0.29, 0.717) is 6.42 Å². The van der Waals surface area contributed by atoms with Crippen LogP contribution in [-0.2, 0) is 0 Å². The van der Waals surface area contributed by atoms with Crippen LogP contribution in [0.15, 0.2) is 24.3 Å². The predicted octanol–water partition coefficient (Wildman–Crippen LogP) is 3.00. The van der Waals surface area contributed by atoms with E-state index in [4.69, 9.17) is 4.74 Å². The van der Waals surface area contributed by atoms with Crippen molar-refractivity contribution in [3.05, 3.63) is 29.8 Å². The van der Waals surface area contributed by atoms with Gasteiger partial charge in [0, 0.05) is 6.42 Å². The third-order valence-corrected chi connectivity index (χ3v) is 3.19. The van der Waals surface area contributed by atoms with E-state index in [2.05, 4.69) is 31.1 Å². The van der Waals surface area contributed by atoms with Crippen LogP contribution in [0.25, 0.3) is 0 Å². The van der Waals surface area contributed by atoms with Gasteiger partial charge in [-0.05, 0) is 17.7 Å². The molecule has 0 heterocycles. The van der Waals surface area contributed by atoms with Gasteiger partial charge in [-0.25, -0.2) is 0 Å². The Hall–Kier alpha value is -1.24. The molecule has 2 nitrogen and oxygen atoms in total. The maximum atomic E-state index is 9.95. The van der Waals surface area contributed by atoms with E-state index in [1.54, 1.807) is 7.11 Å². The third-order valence-electron chi connectivity index (χ3n) is 2.26. The number of rotatable bonds is 3. The van der Waals surface area contributed by atoms with Gasteiger partial charge in [0.15, 0.2) is 0 Å².